The number of aliphatic hydroxyl groups is 2. The molecule has 3 N–H and O–H groups in total. The molecular weight excluding hydrogens is 356 g/mol. The molecule has 7 heteroatoms. The number of aryl methyl sites for hydroxylation is 1. The van der Waals surface area contributed by atoms with Crippen LogP contribution in [0, 0.1) is 6.92 Å². The Morgan fingerprint density at radius 1 is 1.29 bits per heavy atom. The van der Waals surface area contributed by atoms with Crippen LogP contribution in [0.2, 0.25) is 0 Å². The molecular formula is C21H30N4O3. The Bertz CT molecular complexity index is 891. The van der Waals surface area contributed by atoms with Crippen molar-refractivity contribution in [2.75, 3.05) is 24.5 Å². The largest absolute Gasteiger partial charge is 0.392 e. The van der Waals surface area contributed by atoms with Gasteiger partial charge >= 0.3 is 0 Å². The fourth-order valence-electron chi connectivity index (χ4n) is 4.49. The van der Waals surface area contributed by atoms with Gasteiger partial charge in [-0.15, -0.1) is 0 Å². The van der Waals surface area contributed by atoms with Crippen molar-refractivity contribution in [2.45, 2.75) is 63.8 Å². The second-order valence-corrected chi connectivity index (χ2v) is 8.21. The number of aromatic nitrogens is 2. The lowest BCUT2D eigenvalue weighted by molar-refractivity contribution is 0.0539. The molecule has 0 saturated carbocycles. The van der Waals surface area contributed by atoms with Gasteiger partial charge in [0.05, 0.1) is 36.0 Å². The number of rotatable bonds is 5. The number of nitrogens with one attached hydrogen (secondary N) is 1. The van der Waals surface area contributed by atoms with Gasteiger partial charge in [0.25, 0.3) is 5.56 Å². The predicted molar refractivity (Wildman–Crippen MR) is 110 cm³/mol. The zero-order chi connectivity index (χ0) is 19.7. The summed E-state index contributed by atoms with van der Waals surface area (Å²) in [7, 11) is 0. The summed E-state index contributed by atoms with van der Waals surface area (Å²) < 4.78 is 1.50. The second kappa shape index (κ2) is 8.19. The molecule has 1 aromatic heterocycles. The van der Waals surface area contributed by atoms with Crippen LogP contribution in [-0.2, 0) is 6.54 Å². The van der Waals surface area contributed by atoms with E-state index in [1.54, 1.807) is 0 Å². The summed E-state index contributed by atoms with van der Waals surface area (Å²) in [5.74, 6) is 0. The van der Waals surface area contributed by atoms with Gasteiger partial charge in [-0.2, -0.15) is 0 Å². The van der Waals surface area contributed by atoms with E-state index in [0.717, 1.165) is 49.2 Å². The Labute approximate surface area is 165 Å². The van der Waals surface area contributed by atoms with Crippen LogP contribution >= 0.6 is 0 Å². The van der Waals surface area contributed by atoms with Gasteiger partial charge in [-0.25, -0.2) is 4.98 Å². The Morgan fingerprint density at radius 3 is 2.82 bits per heavy atom. The van der Waals surface area contributed by atoms with E-state index in [2.05, 4.69) is 21.3 Å². The first-order chi connectivity index (χ1) is 13.5. The van der Waals surface area contributed by atoms with Gasteiger partial charge in [-0.1, -0.05) is 0 Å². The maximum atomic E-state index is 13.1. The molecule has 2 saturated heterocycles. The molecule has 0 bridgehead atoms. The Kier molecular flexibility index (Phi) is 5.66. The fourth-order valence-corrected chi connectivity index (χ4v) is 4.49. The predicted octanol–water partition coefficient (Wildman–Crippen LogP) is 1.17. The quantitative estimate of drug-likeness (QED) is 0.715. The zero-order valence-corrected chi connectivity index (χ0v) is 16.5. The van der Waals surface area contributed by atoms with Crippen molar-refractivity contribution in [3.8, 4) is 0 Å². The van der Waals surface area contributed by atoms with Crippen molar-refractivity contribution in [1.82, 2.24) is 14.9 Å². The fraction of sp³-hybridized carbons (Fsp3) is 0.619. The number of nitrogens with zero attached hydrogens (tertiary/aromatic N) is 3. The minimum absolute atomic E-state index is 0.120. The van der Waals surface area contributed by atoms with Crippen molar-refractivity contribution in [2.24, 2.45) is 0 Å². The van der Waals surface area contributed by atoms with Crippen molar-refractivity contribution >= 4 is 16.6 Å². The zero-order valence-electron chi connectivity index (χ0n) is 16.5. The van der Waals surface area contributed by atoms with Crippen molar-refractivity contribution in [3.05, 3.63) is 34.4 Å². The molecule has 1 aromatic carbocycles. The number of hydrogen-bond acceptors (Lipinski definition) is 6. The number of piperidine rings is 1. The normalized spacial score (nSPS) is 24.0. The van der Waals surface area contributed by atoms with Gasteiger partial charge < -0.3 is 20.4 Å². The van der Waals surface area contributed by atoms with Crippen LogP contribution in [0.5, 0.6) is 0 Å². The highest BCUT2D eigenvalue weighted by Gasteiger charge is 2.25. The van der Waals surface area contributed by atoms with E-state index in [1.807, 2.05) is 13.0 Å². The molecule has 152 valence electrons. The van der Waals surface area contributed by atoms with Crippen molar-refractivity contribution in [1.29, 1.82) is 0 Å². The molecule has 0 amide bonds. The first-order valence-corrected chi connectivity index (χ1v) is 10.4. The number of benzene rings is 1. The summed E-state index contributed by atoms with van der Waals surface area (Å²) in [5.41, 5.74) is 2.68. The number of aliphatic hydroxyl groups excluding tert-OH is 2. The molecule has 0 radical (unpaired) electrons. The van der Waals surface area contributed by atoms with Crippen molar-refractivity contribution < 1.29 is 10.2 Å². The average Bonchev–Trinajstić information content (AvgIpc) is 3.21. The van der Waals surface area contributed by atoms with Gasteiger partial charge in [0, 0.05) is 24.8 Å². The number of hydrogen-bond donors (Lipinski definition) is 3. The summed E-state index contributed by atoms with van der Waals surface area (Å²) in [6.45, 7) is 5.07. The van der Waals surface area contributed by atoms with Gasteiger partial charge in [0.2, 0.25) is 0 Å². The topological polar surface area (TPSA) is 90.6 Å². The lowest BCUT2D eigenvalue weighted by Gasteiger charge is -2.30. The SMILES string of the molecule is Cc1cc(N2CCCC2)cc2c(=O)n(C[C@@H](O)C[C@H]3NCCC[C@@H]3O)cnc12. The smallest absolute Gasteiger partial charge is 0.261 e. The lowest BCUT2D eigenvalue weighted by atomic mass is 9.96. The maximum absolute atomic E-state index is 13.1. The molecule has 2 fully saturated rings. The van der Waals surface area contributed by atoms with E-state index in [9.17, 15) is 15.0 Å². The molecule has 2 aromatic rings. The Morgan fingerprint density at radius 2 is 2.07 bits per heavy atom. The second-order valence-electron chi connectivity index (χ2n) is 8.21. The standard InChI is InChI=1S/C21H30N4O3/c1-14-9-15(24-7-2-3-8-24)10-17-20(14)23-13-25(21(17)28)12-16(26)11-18-19(27)5-4-6-22-18/h9-10,13,16,18-19,22,26-27H,2-8,11-12H2,1H3/t16-,18+,19-/m0/s1. The first-order valence-electron chi connectivity index (χ1n) is 10.4. The summed E-state index contributed by atoms with van der Waals surface area (Å²) in [6, 6.07) is 3.92. The van der Waals surface area contributed by atoms with E-state index < -0.39 is 12.2 Å². The van der Waals surface area contributed by atoms with Crippen LogP contribution in [0.25, 0.3) is 10.9 Å². The molecule has 28 heavy (non-hydrogen) atoms. The van der Waals surface area contributed by atoms with Gasteiger partial charge in [-0.3, -0.25) is 9.36 Å². The van der Waals surface area contributed by atoms with Crippen LogP contribution in [0.1, 0.15) is 37.7 Å². The molecule has 3 atom stereocenters. The summed E-state index contributed by atoms with van der Waals surface area (Å²) in [6.07, 6.45) is 4.84. The van der Waals surface area contributed by atoms with Crippen LogP contribution in [-0.4, -0.2) is 57.6 Å². The van der Waals surface area contributed by atoms with Gasteiger partial charge in [-0.05, 0) is 63.3 Å². The highest BCUT2D eigenvalue weighted by molar-refractivity contribution is 5.84. The van der Waals surface area contributed by atoms with Gasteiger partial charge in [0.1, 0.15) is 0 Å². The van der Waals surface area contributed by atoms with Crippen LogP contribution in [0.3, 0.4) is 0 Å². The van der Waals surface area contributed by atoms with Crippen LogP contribution < -0.4 is 15.8 Å². The minimum atomic E-state index is -0.718. The molecule has 3 heterocycles. The molecule has 2 aliphatic heterocycles. The highest BCUT2D eigenvalue weighted by atomic mass is 16.3. The molecule has 4 rings (SSSR count). The Hall–Kier alpha value is -1.96. The Balaban J connectivity index is 1.57. The highest BCUT2D eigenvalue weighted by Crippen LogP contribution is 2.25. The van der Waals surface area contributed by atoms with Crippen LogP contribution in [0.4, 0.5) is 5.69 Å². The summed E-state index contributed by atoms with van der Waals surface area (Å²) >= 11 is 0. The van der Waals surface area contributed by atoms with Gasteiger partial charge in [0.15, 0.2) is 0 Å². The van der Waals surface area contributed by atoms with E-state index in [1.165, 1.54) is 23.7 Å². The van der Waals surface area contributed by atoms with E-state index >= 15 is 0 Å². The molecule has 2 aliphatic rings. The van der Waals surface area contributed by atoms with E-state index in [-0.39, 0.29) is 18.1 Å². The third kappa shape index (κ3) is 3.92. The molecule has 0 spiro atoms. The number of fused-ring (bicyclic) bond motifs is 1. The molecule has 0 aliphatic carbocycles. The third-order valence-electron chi connectivity index (χ3n) is 6.06. The average molecular weight is 386 g/mol. The van der Waals surface area contributed by atoms with E-state index in [4.69, 9.17) is 0 Å². The molecule has 0 unspecified atom stereocenters. The lowest BCUT2D eigenvalue weighted by Crippen LogP contribution is -2.47. The minimum Gasteiger partial charge on any atom is -0.392 e. The first kappa shape index (κ1) is 19.4. The number of anilines is 1. The summed E-state index contributed by atoms with van der Waals surface area (Å²) in [5, 5.41) is 24.5. The summed E-state index contributed by atoms with van der Waals surface area (Å²) in [4.78, 5) is 19.9. The maximum Gasteiger partial charge on any atom is 0.261 e. The van der Waals surface area contributed by atoms with E-state index in [0.29, 0.717) is 11.8 Å². The van der Waals surface area contributed by atoms with Crippen LogP contribution in [0.15, 0.2) is 23.3 Å². The van der Waals surface area contributed by atoms with Crippen molar-refractivity contribution in [3.63, 3.8) is 0 Å². The monoisotopic (exact) mass is 386 g/mol. The third-order valence-corrected chi connectivity index (χ3v) is 6.06. The molecule has 7 nitrogen and oxygen atoms in total.